The van der Waals surface area contributed by atoms with Gasteiger partial charge >= 0.3 is 0 Å². The minimum absolute atomic E-state index is 0.00972. The molecular formula is C18H20N2O3S. The number of hydrogen-bond acceptors (Lipinski definition) is 5. The van der Waals surface area contributed by atoms with Crippen molar-refractivity contribution in [1.82, 2.24) is 5.43 Å². The van der Waals surface area contributed by atoms with Crippen LogP contribution in [0.15, 0.2) is 53.6 Å². The first-order valence-electron chi connectivity index (χ1n) is 7.46. The smallest absolute Gasteiger partial charge is 0.252 e. The number of thioether (sulfide) groups is 1. The van der Waals surface area contributed by atoms with Gasteiger partial charge in [0.25, 0.3) is 5.91 Å². The lowest BCUT2D eigenvalue weighted by atomic mass is 10.2. The Morgan fingerprint density at radius 1 is 1.29 bits per heavy atom. The van der Waals surface area contributed by atoms with Gasteiger partial charge < -0.3 is 9.84 Å². The number of hydrazone groups is 1. The van der Waals surface area contributed by atoms with Gasteiger partial charge in [-0.3, -0.25) is 4.79 Å². The molecule has 2 rings (SSSR count). The Hall–Kier alpha value is -2.47. The summed E-state index contributed by atoms with van der Waals surface area (Å²) >= 11 is 1.54. The number of hydrogen-bond donors (Lipinski definition) is 2. The number of phenolic OH excluding ortho intramolecular Hbond substituents is 1. The molecule has 2 N–H and O–H groups in total. The van der Waals surface area contributed by atoms with E-state index in [1.807, 2.05) is 37.3 Å². The van der Waals surface area contributed by atoms with Crippen LogP contribution >= 0.6 is 11.8 Å². The minimum Gasteiger partial charge on any atom is -0.504 e. The van der Waals surface area contributed by atoms with E-state index in [1.54, 1.807) is 18.2 Å². The van der Waals surface area contributed by atoms with Crippen molar-refractivity contribution in [1.29, 1.82) is 0 Å². The normalized spacial score (nSPS) is 12.1. The summed E-state index contributed by atoms with van der Waals surface area (Å²) in [5.74, 6) is 0.923. The zero-order valence-corrected chi connectivity index (χ0v) is 14.4. The third kappa shape index (κ3) is 5.03. The number of ether oxygens (including phenoxy) is 1. The fourth-order valence-corrected chi connectivity index (χ4v) is 2.77. The summed E-state index contributed by atoms with van der Waals surface area (Å²) in [6, 6.07) is 15.0. The molecule has 0 aliphatic heterocycles. The van der Waals surface area contributed by atoms with Crippen molar-refractivity contribution < 1.29 is 14.6 Å². The Kier molecular flexibility index (Phi) is 6.69. The van der Waals surface area contributed by atoms with E-state index in [4.69, 9.17) is 4.74 Å². The molecule has 24 heavy (non-hydrogen) atoms. The van der Waals surface area contributed by atoms with Crippen LogP contribution in [0.3, 0.4) is 0 Å². The molecule has 6 heteroatoms. The van der Waals surface area contributed by atoms with E-state index in [1.165, 1.54) is 30.6 Å². The first-order chi connectivity index (χ1) is 11.6. The van der Waals surface area contributed by atoms with E-state index in [-0.39, 0.29) is 16.9 Å². The summed E-state index contributed by atoms with van der Waals surface area (Å²) in [6.45, 7) is 1.83. The molecule has 0 radical (unpaired) electrons. The summed E-state index contributed by atoms with van der Waals surface area (Å²) in [5, 5.41) is 13.6. The van der Waals surface area contributed by atoms with Gasteiger partial charge in [-0.25, -0.2) is 5.43 Å². The average Bonchev–Trinajstić information content (AvgIpc) is 2.61. The summed E-state index contributed by atoms with van der Waals surface area (Å²) in [4.78, 5) is 12.0. The van der Waals surface area contributed by atoms with Crippen molar-refractivity contribution in [2.45, 2.75) is 17.9 Å². The van der Waals surface area contributed by atoms with E-state index >= 15 is 0 Å². The fraction of sp³-hybridized carbons (Fsp3) is 0.222. The molecule has 0 saturated carbocycles. The highest BCUT2D eigenvalue weighted by Crippen LogP contribution is 2.27. The van der Waals surface area contributed by atoms with Crippen LogP contribution in [0.5, 0.6) is 11.5 Å². The van der Waals surface area contributed by atoms with E-state index in [0.29, 0.717) is 11.3 Å². The maximum absolute atomic E-state index is 12.0. The van der Waals surface area contributed by atoms with E-state index in [9.17, 15) is 9.90 Å². The van der Waals surface area contributed by atoms with Crippen LogP contribution in [0.2, 0.25) is 0 Å². The van der Waals surface area contributed by atoms with Crippen molar-refractivity contribution in [2.75, 3.05) is 7.11 Å². The zero-order chi connectivity index (χ0) is 17.4. The van der Waals surface area contributed by atoms with Crippen molar-refractivity contribution in [3.05, 3.63) is 59.7 Å². The van der Waals surface area contributed by atoms with Gasteiger partial charge in [-0.1, -0.05) is 36.4 Å². The standard InChI is InChI=1S/C18H20N2O3S/c1-13(24-12-14-7-4-3-5-8-14)18(22)20-19-11-15-9-6-10-16(23-2)17(15)21/h3-11,13,21H,12H2,1-2H3,(H,20,22)/b19-11+. The molecule has 2 aromatic rings. The van der Waals surface area contributed by atoms with E-state index in [2.05, 4.69) is 10.5 Å². The Balaban J connectivity index is 1.86. The number of rotatable bonds is 7. The summed E-state index contributed by atoms with van der Waals surface area (Å²) in [6.07, 6.45) is 1.39. The lowest BCUT2D eigenvalue weighted by Crippen LogP contribution is -2.27. The Labute approximate surface area is 145 Å². The maximum atomic E-state index is 12.0. The summed E-state index contributed by atoms with van der Waals surface area (Å²) < 4.78 is 5.02. The number of amides is 1. The molecule has 1 amide bonds. The highest BCUT2D eigenvalue weighted by atomic mass is 32.2. The predicted molar refractivity (Wildman–Crippen MR) is 97.6 cm³/mol. The number of para-hydroxylation sites is 1. The van der Waals surface area contributed by atoms with Gasteiger partial charge in [0, 0.05) is 11.3 Å². The molecule has 1 unspecified atom stereocenters. The molecule has 1 atom stereocenters. The average molecular weight is 344 g/mol. The minimum atomic E-state index is -0.235. The number of carbonyl (C=O) groups is 1. The van der Waals surface area contributed by atoms with E-state index < -0.39 is 0 Å². The number of nitrogens with one attached hydrogen (secondary N) is 1. The second-order valence-electron chi connectivity index (χ2n) is 5.07. The van der Waals surface area contributed by atoms with Crippen LogP contribution in [0.4, 0.5) is 0 Å². The van der Waals surface area contributed by atoms with Crippen LogP contribution in [-0.4, -0.2) is 29.6 Å². The van der Waals surface area contributed by atoms with Crippen LogP contribution in [0.1, 0.15) is 18.1 Å². The molecule has 0 fully saturated rings. The molecule has 0 bridgehead atoms. The molecule has 0 spiro atoms. The number of methoxy groups -OCH3 is 1. The van der Waals surface area contributed by atoms with Gasteiger partial charge in [0.05, 0.1) is 18.6 Å². The lowest BCUT2D eigenvalue weighted by Gasteiger charge is -2.09. The first-order valence-corrected chi connectivity index (χ1v) is 8.51. The van der Waals surface area contributed by atoms with E-state index in [0.717, 1.165) is 5.75 Å². The second-order valence-corrected chi connectivity index (χ2v) is 6.40. The summed E-state index contributed by atoms with van der Waals surface area (Å²) in [7, 11) is 1.48. The Morgan fingerprint density at radius 2 is 2.04 bits per heavy atom. The first kappa shape index (κ1) is 17.9. The molecule has 5 nitrogen and oxygen atoms in total. The van der Waals surface area contributed by atoms with Gasteiger partial charge in [0.15, 0.2) is 11.5 Å². The SMILES string of the molecule is COc1cccc(/C=N/NC(=O)C(C)SCc2ccccc2)c1O. The molecule has 0 aliphatic carbocycles. The third-order valence-electron chi connectivity index (χ3n) is 3.34. The van der Waals surface area contributed by atoms with Crippen LogP contribution < -0.4 is 10.2 Å². The second kappa shape index (κ2) is 8.98. The van der Waals surface area contributed by atoms with Crippen LogP contribution in [0, 0.1) is 0 Å². The van der Waals surface area contributed by atoms with Crippen LogP contribution in [0.25, 0.3) is 0 Å². The lowest BCUT2D eigenvalue weighted by molar-refractivity contribution is -0.120. The quantitative estimate of drug-likeness (QED) is 0.598. The fourth-order valence-electron chi connectivity index (χ4n) is 1.94. The zero-order valence-electron chi connectivity index (χ0n) is 13.6. The number of benzene rings is 2. The van der Waals surface area contributed by atoms with Crippen molar-refractivity contribution >= 4 is 23.9 Å². The molecule has 0 aliphatic rings. The van der Waals surface area contributed by atoms with Gasteiger partial charge in [0.2, 0.25) is 0 Å². The topological polar surface area (TPSA) is 70.9 Å². The molecule has 0 saturated heterocycles. The highest BCUT2D eigenvalue weighted by Gasteiger charge is 2.12. The molecule has 126 valence electrons. The molecular weight excluding hydrogens is 324 g/mol. The van der Waals surface area contributed by atoms with Gasteiger partial charge in [-0.15, -0.1) is 11.8 Å². The number of phenols is 1. The highest BCUT2D eigenvalue weighted by molar-refractivity contribution is 7.99. The van der Waals surface area contributed by atoms with Crippen molar-refractivity contribution in [3.63, 3.8) is 0 Å². The van der Waals surface area contributed by atoms with Gasteiger partial charge in [0.1, 0.15) is 0 Å². The predicted octanol–water partition coefficient (Wildman–Crippen LogP) is 3.17. The summed E-state index contributed by atoms with van der Waals surface area (Å²) in [5.41, 5.74) is 4.13. The molecule has 2 aromatic carbocycles. The molecule has 0 heterocycles. The van der Waals surface area contributed by atoms with Crippen molar-refractivity contribution in [3.8, 4) is 11.5 Å². The Bertz CT molecular complexity index is 705. The number of aromatic hydroxyl groups is 1. The number of carbonyl (C=O) groups excluding carboxylic acids is 1. The monoisotopic (exact) mass is 344 g/mol. The third-order valence-corrected chi connectivity index (χ3v) is 4.55. The van der Waals surface area contributed by atoms with Gasteiger partial charge in [-0.2, -0.15) is 5.10 Å². The van der Waals surface area contributed by atoms with Crippen molar-refractivity contribution in [2.24, 2.45) is 5.10 Å². The Morgan fingerprint density at radius 3 is 2.75 bits per heavy atom. The van der Waals surface area contributed by atoms with Gasteiger partial charge in [-0.05, 0) is 24.6 Å². The largest absolute Gasteiger partial charge is 0.504 e. The van der Waals surface area contributed by atoms with Crippen LogP contribution in [-0.2, 0) is 10.5 Å². The number of nitrogens with zero attached hydrogens (tertiary/aromatic N) is 1. The maximum Gasteiger partial charge on any atom is 0.252 e. The molecule has 0 aromatic heterocycles.